The Balaban J connectivity index is 2.89. The molecule has 0 heterocycles. The summed E-state index contributed by atoms with van der Waals surface area (Å²) in [6, 6.07) is 0. The highest BCUT2D eigenvalue weighted by Gasteiger charge is 1.98. The number of hydrogen-bond donors (Lipinski definition) is 2. The van der Waals surface area contributed by atoms with Crippen molar-refractivity contribution in [2.75, 3.05) is 33.5 Å². The van der Waals surface area contributed by atoms with E-state index in [9.17, 15) is 0 Å². The van der Waals surface area contributed by atoms with Gasteiger partial charge in [-0.3, -0.25) is 0 Å². The molecule has 0 aliphatic heterocycles. The molecule has 0 saturated carbocycles. The van der Waals surface area contributed by atoms with E-state index in [4.69, 9.17) is 20.3 Å². The van der Waals surface area contributed by atoms with Crippen LogP contribution in [0, 0.1) is 0 Å². The molecule has 3 N–H and O–H groups in total. The fourth-order valence-electron chi connectivity index (χ4n) is 0.430. The van der Waals surface area contributed by atoms with Crippen LogP contribution in [0.3, 0.4) is 0 Å². The normalized spacial score (nSPS) is 13.5. The van der Waals surface area contributed by atoms with Crippen molar-refractivity contribution in [2.24, 2.45) is 5.73 Å². The summed E-state index contributed by atoms with van der Waals surface area (Å²) in [5, 5.41) is 8.87. The molecule has 0 aromatic heterocycles. The van der Waals surface area contributed by atoms with Gasteiger partial charge in [0.1, 0.15) is 0 Å². The molecule has 0 unspecified atom stereocenters. The van der Waals surface area contributed by atoms with E-state index in [1.165, 1.54) is 0 Å². The number of aliphatic hydroxyl groups excluding tert-OH is 1. The van der Waals surface area contributed by atoms with Crippen LogP contribution in [-0.4, -0.2) is 44.7 Å². The molecular weight excluding hydrogens is 134 g/mol. The van der Waals surface area contributed by atoms with E-state index >= 15 is 0 Å². The van der Waals surface area contributed by atoms with E-state index in [0.29, 0.717) is 19.8 Å². The van der Waals surface area contributed by atoms with Gasteiger partial charge in [-0.05, 0) is 0 Å². The predicted octanol–water partition coefficient (Wildman–Crippen LogP) is -1.03. The molecule has 0 saturated heterocycles. The quantitative estimate of drug-likeness (QED) is 0.474. The van der Waals surface area contributed by atoms with Gasteiger partial charge >= 0.3 is 0 Å². The minimum atomic E-state index is -0.545. The van der Waals surface area contributed by atoms with E-state index in [1.807, 2.05) is 0 Å². The van der Waals surface area contributed by atoms with Crippen LogP contribution in [-0.2, 0) is 9.47 Å². The van der Waals surface area contributed by atoms with Gasteiger partial charge in [-0.15, -0.1) is 0 Å². The van der Waals surface area contributed by atoms with Gasteiger partial charge in [0, 0.05) is 13.7 Å². The standard InChI is InChI=1S/C6H15NO3/c1-9-2-3-10-5-6(8)4-7/h6,8H,2-5,7H2,1H3/t6-/m0/s1. The largest absolute Gasteiger partial charge is 0.389 e. The first-order valence-corrected chi connectivity index (χ1v) is 3.26. The monoisotopic (exact) mass is 149 g/mol. The first kappa shape index (κ1) is 9.84. The maximum absolute atomic E-state index is 8.87. The third-order valence-corrected chi connectivity index (χ3v) is 1.01. The predicted molar refractivity (Wildman–Crippen MR) is 37.8 cm³/mol. The van der Waals surface area contributed by atoms with Crippen molar-refractivity contribution in [3.8, 4) is 0 Å². The number of rotatable bonds is 6. The van der Waals surface area contributed by atoms with E-state index in [0.717, 1.165) is 0 Å². The first-order valence-electron chi connectivity index (χ1n) is 3.26. The summed E-state index contributed by atoms with van der Waals surface area (Å²) in [6.45, 7) is 1.59. The molecule has 62 valence electrons. The topological polar surface area (TPSA) is 64.7 Å². The molecule has 1 atom stereocenters. The Morgan fingerprint density at radius 2 is 2.20 bits per heavy atom. The highest BCUT2D eigenvalue weighted by atomic mass is 16.5. The van der Waals surface area contributed by atoms with Gasteiger partial charge in [-0.1, -0.05) is 0 Å². The molecule has 0 aromatic carbocycles. The Kier molecular flexibility index (Phi) is 6.84. The lowest BCUT2D eigenvalue weighted by molar-refractivity contribution is 0.0168. The molecule has 0 rings (SSSR count). The molecule has 4 heteroatoms. The lowest BCUT2D eigenvalue weighted by Gasteiger charge is -2.07. The average Bonchev–Trinajstić information content (AvgIpc) is 1.98. The van der Waals surface area contributed by atoms with E-state index in [2.05, 4.69) is 0 Å². The summed E-state index contributed by atoms with van der Waals surface area (Å²) in [6.07, 6.45) is -0.545. The molecule has 4 nitrogen and oxygen atoms in total. The van der Waals surface area contributed by atoms with Crippen LogP contribution in [0.2, 0.25) is 0 Å². The summed E-state index contributed by atoms with van der Waals surface area (Å²) in [4.78, 5) is 0. The van der Waals surface area contributed by atoms with Crippen molar-refractivity contribution in [2.45, 2.75) is 6.10 Å². The summed E-state index contributed by atoms with van der Waals surface area (Å²) >= 11 is 0. The number of ether oxygens (including phenoxy) is 2. The maximum Gasteiger partial charge on any atom is 0.0895 e. The average molecular weight is 149 g/mol. The minimum absolute atomic E-state index is 0.243. The van der Waals surface area contributed by atoms with Crippen molar-refractivity contribution in [1.29, 1.82) is 0 Å². The second-order valence-electron chi connectivity index (χ2n) is 1.96. The highest BCUT2D eigenvalue weighted by Crippen LogP contribution is 1.81. The fraction of sp³-hybridized carbons (Fsp3) is 1.00. The molecule has 0 aromatic rings. The smallest absolute Gasteiger partial charge is 0.0895 e. The van der Waals surface area contributed by atoms with Crippen LogP contribution < -0.4 is 5.73 Å². The van der Waals surface area contributed by atoms with Crippen LogP contribution in [0.4, 0.5) is 0 Å². The van der Waals surface area contributed by atoms with E-state index in [1.54, 1.807) is 7.11 Å². The SMILES string of the molecule is COCCOC[C@@H](O)CN. The lowest BCUT2D eigenvalue weighted by Crippen LogP contribution is -2.25. The van der Waals surface area contributed by atoms with Gasteiger partial charge in [0.25, 0.3) is 0 Å². The van der Waals surface area contributed by atoms with Crippen molar-refractivity contribution in [3.63, 3.8) is 0 Å². The lowest BCUT2D eigenvalue weighted by atomic mass is 10.4. The van der Waals surface area contributed by atoms with Crippen LogP contribution in [0.1, 0.15) is 0 Å². The molecule has 0 aliphatic carbocycles. The van der Waals surface area contributed by atoms with Gasteiger partial charge < -0.3 is 20.3 Å². The zero-order valence-electron chi connectivity index (χ0n) is 6.25. The molecule has 0 radical (unpaired) electrons. The molecule has 0 aliphatic rings. The molecule has 0 fully saturated rings. The highest BCUT2D eigenvalue weighted by molar-refractivity contribution is 4.51. The number of nitrogens with two attached hydrogens (primary N) is 1. The Hall–Kier alpha value is -0.160. The van der Waals surface area contributed by atoms with E-state index in [-0.39, 0.29) is 6.54 Å². The van der Waals surface area contributed by atoms with Crippen LogP contribution in [0.15, 0.2) is 0 Å². The Bertz CT molecular complexity index is 70.0. The molecule has 0 bridgehead atoms. The van der Waals surface area contributed by atoms with Gasteiger partial charge in [0.2, 0.25) is 0 Å². The van der Waals surface area contributed by atoms with Crippen molar-refractivity contribution in [1.82, 2.24) is 0 Å². The first-order chi connectivity index (χ1) is 4.81. The summed E-state index contributed by atoms with van der Waals surface area (Å²) < 4.78 is 9.69. The molecular formula is C6H15NO3. The third-order valence-electron chi connectivity index (χ3n) is 1.01. The van der Waals surface area contributed by atoms with Gasteiger partial charge in [-0.2, -0.15) is 0 Å². The number of hydrogen-bond acceptors (Lipinski definition) is 4. The second-order valence-corrected chi connectivity index (χ2v) is 1.96. The van der Waals surface area contributed by atoms with Crippen LogP contribution >= 0.6 is 0 Å². The zero-order valence-corrected chi connectivity index (χ0v) is 6.25. The van der Waals surface area contributed by atoms with Crippen molar-refractivity contribution < 1.29 is 14.6 Å². The Labute approximate surface area is 60.9 Å². The third kappa shape index (κ3) is 5.97. The molecule has 0 spiro atoms. The number of aliphatic hydroxyl groups is 1. The second kappa shape index (κ2) is 6.95. The summed E-state index contributed by atoms with van der Waals surface area (Å²) in [5.74, 6) is 0. The van der Waals surface area contributed by atoms with E-state index < -0.39 is 6.10 Å². The maximum atomic E-state index is 8.87. The zero-order chi connectivity index (χ0) is 7.82. The summed E-state index contributed by atoms with van der Waals surface area (Å²) in [5.41, 5.74) is 5.13. The number of methoxy groups -OCH3 is 1. The van der Waals surface area contributed by atoms with Crippen LogP contribution in [0.5, 0.6) is 0 Å². The van der Waals surface area contributed by atoms with Gasteiger partial charge in [-0.25, -0.2) is 0 Å². The van der Waals surface area contributed by atoms with Gasteiger partial charge in [0.15, 0.2) is 0 Å². The van der Waals surface area contributed by atoms with Crippen molar-refractivity contribution >= 4 is 0 Å². The Morgan fingerprint density at radius 1 is 1.50 bits per heavy atom. The summed E-state index contributed by atoms with van der Waals surface area (Å²) in [7, 11) is 1.60. The minimum Gasteiger partial charge on any atom is -0.389 e. The molecule has 10 heavy (non-hydrogen) atoms. The van der Waals surface area contributed by atoms with Gasteiger partial charge in [0.05, 0.1) is 25.9 Å². The van der Waals surface area contributed by atoms with Crippen LogP contribution in [0.25, 0.3) is 0 Å². The fourth-order valence-corrected chi connectivity index (χ4v) is 0.430. The van der Waals surface area contributed by atoms with Crippen molar-refractivity contribution in [3.05, 3.63) is 0 Å². The Morgan fingerprint density at radius 3 is 2.70 bits per heavy atom. The molecule has 0 amide bonds.